The first-order chi connectivity index (χ1) is 10.8. The SMILES string of the molecule is CC(NC(=O)COC(=O)C1(O)CCCC1)c1ccc(Cl)cc1Cl. The van der Waals surface area contributed by atoms with E-state index in [4.69, 9.17) is 27.9 Å². The minimum atomic E-state index is -1.44. The van der Waals surface area contributed by atoms with Gasteiger partial charge in [0.1, 0.15) is 0 Å². The summed E-state index contributed by atoms with van der Waals surface area (Å²) in [4.78, 5) is 23.7. The summed E-state index contributed by atoms with van der Waals surface area (Å²) >= 11 is 11.9. The first kappa shape index (κ1) is 18.0. The summed E-state index contributed by atoms with van der Waals surface area (Å²) in [6, 6.07) is 4.64. The molecule has 2 N–H and O–H groups in total. The lowest BCUT2D eigenvalue weighted by molar-refractivity contribution is -0.167. The lowest BCUT2D eigenvalue weighted by Crippen LogP contribution is -2.39. The third-order valence-corrected chi connectivity index (χ3v) is 4.51. The Balaban J connectivity index is 1.85. The fraction of sp³-hybridized carbons (Fsp3) is 0.500. The summed E-state index contributed by atoms with van der Waals surface area (Å²) in [5, 5.41) is 13.7. The van der Waals surface area contributed by atoms with Crippen LogP contribution in [0.4, 0.5) is 0 Å². The van der Waals surface area contributed by atoms with Crippen molar-refractivity contribution in [2.45, 2.75) is 44.2 Å². The zero-order chi connectivity index (χ0) is 17.0. The minimum absolute atomic E-state index is 0.361. The number of ether oxygens (including phenoxy) is 1. The predicted molar refractivity (Wildman–Crippen MR) is 87.4 cm³/mol. The summed E-state index contributed by atoms with van der Waals surface area (Å²) < 4.78 is 4.92. The molecule has 1 amide bonds. The Labute approximate surface area is 144 Å². The summed E-state index contributed by atoms with van der Waals surface area (Å²) in [5.41, 5.74) is -0.726. The molecule has 7 heteroatoms. The number of hydrogen-bond acceptors (Lipinski definition) is 4. The van der Waals surface area contributed by atoms with Crippen molar-refractivity contribution in [2.24, 2.45) is 0 Å². The van der Waals surface area contributed by atoms with Crippen molar-refractivity contribution < 1.29 is 19.4 Å². The molecule has 5 nitrogen and oxygen atoms in total. The number of carbonyl (C=O) groups is 2. The maximum atomic E-state index is 11.9. The van der Waals surface area contributed by atoms with Crippen LogP contribution in [0.5, 0.6) is 0 Å². The first-order valence-electron chi connectivity index (χ1n) is 7.46. The monoisotopic (exact) mass is 359 g/mol. The van der Waals surface area contributed by atoms with Crippen molar-refractivity contribution in [2.75, 3.05) is 6.61 Å². The second kappa shape index (κ2) is 7.51. The highest BCUT2D eigenvalue weighted by atomic mass is 35.5. The van der Waals surface area contributed by atoms with Crippen LogP contribution < -0.4 is 5.32 Å². The Morgan fingerprint density at radius 3 is 2.61 bits per heavy atom. The fourth-order valence-electron chi connectivity index (χ4n) is 2.64. The molecule has 1 aliphatic carbocycles. The average molecular weight is 360 g/mol. The summed E-state index contributed by atoms with van der Waals surface area (Å²) in [7, 11) is 0. The molecular weight excluding hydrogens is 341 g/mol. The summed E-state index contributed by atoms with van der Waals surface area (Å²) in [5.74, 6) is -1.19. The van der Waals surface area contributed by atoms with Crippen LogP contribution in [0.2, 0.25) is 10.0 Å². The van der Waals surface area contributed by atoms with Crippen LogP contribution in [0.3, 0.4) is 0 Å². The van der Waals surface area contributed by atoms with Crippen LogP contribution in [0.1, 0.15) is 44.2 Å². The molecule has 0 spiro atoms. The number of amides is 1. The van der Waals surface area contributed by atoms with E-state index in [0.29, 0.717) is 28.5 Å². The third kappa shape index (κ3) is 4.59. The van der Waals surface area contributed by atoms with E-state index in [1.807, 2.05) is 0 Å². The molecule has 1 unspecified atom stereocenters. The molecule has 1 aromatic carbocycles. The molecule has 1 aromatic rings. The molecule has 0 saturated heterocycles. The zero-order valence-electron chi connectivity index (χ0n) is 12.8. The van der Waals surface area contributed by atoms with Gasteiger partial charge in [0.25, 0.3) is 5.91 Å². The Kier molecular flexibility index (Phi) is 5.89. The topological polar surface area (TPSA) is 75.6 Å². The van der Waals surface area contributed by atoms with Crippen molar-refractivity contribution >= 4 is 35.1 Å². The molecule has 1 fully saturated rings. The second-order valence-corrected chi connectivity index (χ2v) is 6.61. The van der Waals surface area contributed by atoms with Crippen molar-refractivity contribution in [1.29, 1.82) is 0 Å². The van der Waals surface area contributed by atoms with E-state index >= 15 is 0 Å². The Hall–Kier alpha value is -1.30. The van der Waals surface area contributed by atoms with Crippen LogP contribution in [-0.2, 0) is 14.3 Å². The summed E-state index contributed by atoms with van der Waals surface area (Å²) in [6.07, 6.45) is 2.32. The van der Waals surface area contributed by atoms with Crippen molar-refractivity contribution in [3.63, 3.8) is 0 Å². The standard InChI is InChI=1S/C16H19Cl2NO4/c1-10(12-5-4-11(17)8-13(12)18)19-14(20)9-23-15(21)16(22)6-2-3-7-16/h4-5,8,10,22H,2-3,6-7,9H2,1H3,(H,19,20). The second-order valence-electron chi connectivity index (χ2n) is 5.77. The number of hydrogen-bond donors (Lipinski definition) is 2. The molecule has 1 saturated carbocycles. The van der Waals surface area contributed by atoms with E-state index in [1.54, 1.807) is 25.1 Å². The zero-order valence-corrected chi connectivity index (χ0v) is 14.3. The number of esters is 1. The van der Waals surface area contributed by atoms with Gasteiger partial charge in [0, 0.05) is 10.0 Å². The maximum absolute atomic E-state index is 11.9. The molecule has 1 aliphatic rings. The lowest BCUT2D eigenvalue weighted by Gasteiger charge is -2.20. The number of carbonyl (C=O) groups excluding carboxylic acids is 2. The van der Waals surface area contributed by atoms with Gasteiger partial charge in [0.05, 0.1) is 6.04 Å². The molecule has 2 rings (SSSR count). The molecule has 1 atom stereocenters. The maximum Gasteiger partial charge on any atom is 0.338 e. The van der Waals surface area contributed by atoms with Gasteiger partial charge in [-0.2, -0.15) is 0 Å². The van der Waals surface area contributed by atoms with Crippen LogP contribution >= 0.6 is 23.2 Å². The lowest BCUT2D eigenvalue weighted by atomic mass is 10.0. The van der Waals surface area contributed by atoms with Crippen LogP contribution in [0.15, 0.2) is 18.2 Å². The predicted octanol–water partition coefficient (Wildman–Crippen LogP) is 3.02. The smallest absolute Gasteiger partial charge is 0.338 e. The van der Waals surface area contributed by atoms with E-state index in [9.17, 15) is 14.7 Å². The van der Waals surface area contributed by atoms with E-state index in [1.165, 1.54) is 0 Å². The molecule has 0 bridgehead atoms. The number of aliphatic hydroxyl groups is 1. The van der Waals surface area contributed by atoms with Gasteiger partial charge in [-0.1, -0.05) is 29.3 Å². The Morgan fingerprint density at radius 2 is 2.00 bits per heavy atom. The van der Waals surface area contributed by atoms with Crippen LogP contribution in [0, 0.1) is 0 Å². The highest BCUT2D eigenvalue weighted by molar-refractivity contribution is 6.35. The van der Waals surface area contributed by atoms with Gasteiger partial charge in [-0.15, -0.1) is 0 Å². The number of nitrogens with one attached hydrogen (secondary N) is 1. The normalized spacial score (nSPS) is 17.6. The van der Waals surface area contributed by atoms with E-state index in [-0.39, 0.29) is 6.04 Å². The molecule has 23 heavy (non-hydrogen) atoms. The van der Waals surface area contributed by atoms with Crippen LogP contribution in [0.25, 0.3) is 0 Å². The highest BCUT2D eigenvalue weighted by Crippen LogP contribution is 2.30. The van der Waals surface area contributed by atoms with E-state index in [2.05, 4.69) is 5.32 Å². The van der Waals surface area contributed by atoms with Gasteiger partial charge in [0.15, 0.2) is 12.2 Å². The molecular formula is C16H19Cl2NO4. The average Bonchev–Trinajstić information content (AvgIpc) is 2.92. The van der Waals surface area contributed by atoms with Crippen molar-refractivity contribution in [1.82, 2.24) is 5.32 Å². The third-order valence-electron chi connectivity index (χ3n) is 3.95. The largest absolute Gasteiger partial charge is 0.453 e. The van der Waals surface area contributed by atoms with Gasteiger partial charge in [0.2, 0.25) is 0 Å². The van der Waals surface area contributed by atoms with E-state index < -0.39 is 24.1 Å². The highest BCUT2D eigenvalue weighted by Gasteiger charge is 2.40. The number of benzene rings is 1. The Morgan fingerprint density at radius 1 is 1.35 bits per heavy atom. The van der Waals surface area contributed by atoms with Gasteiger partial charge < -0.3 is 15.2 Å². The molecule has 0 aromatic heterocycles. The van der Waals surface area contributed by atoms with Crippen LogP contribution in [-0.4, -0.2) is 29.2 Å². The fourth-order valence-corrected chi connectivity index (χ4v) is 3.22. The number of rotatable bonds is 5. The molecule has 0 radical (unpaired) electrons. The summed E-state index contributed by atoms with van der Waals surface area (Å²) in [6.45, 7) is 1.33. The van der Waals surface area contributed by atoms with Gasteiger partial charge in [-0.3, -0.25) is 4.79 Å². The molecule has 0 aliphatic heterocycles. The van der Waals surface area contributed by atoms with Gasteiger partial charge in [-0.05, 0) is 50.3 Å². The van der Waals surface area contributed by atoms with Gasteiger partial charge >= 0.3 is 5.97 Å². The quantitative estimate of drug-likeness (QED) is 0.792. The first-order valence-corrected chi connectivity index (χ1v) is 8.21. The minimum Gasteiger partial charge on any atom is -0.453 e. The molecule has 0 heterocycles. The number of halogens is 2. The Bertz CT molecular complexity index is 600. The van der Waals surface area contributed by atoms with Gasteiger partial charge in [-0.25, -0.2) is 4.79 Å². The van der Waals surface area contributed by atoms with Crippen molar-refractivity contribution in [3.8, 4) is 0 Å². The van der Waals surface area contributed by atoms with E-state index in [0.717, 1.165) is 12.8 Å². The molecule has 126 valence electrons. The van der Waals surface area contributed by atoms with Crippen molar-refractivity contribution in [3.05, 3.63) is 33.8 Å².